The topological polar surface area (TPSA) is 23.5 Å². The molecule has 17 heavy (non-hydrogen) atoms. The normalized spacial score (nSPS) is 28.5. The first-order chi connectivity index (χ1) is 8.31. The van der Waals surface area contributed by atoms with E-state index in [1.54, 1.807) is 0 Å². The number of hydrogen-bond donors (Lipinski definition) is 1. The third-order valence-corrected chi connectivity index (χ3v) is 4.58. The molecule has 0 saturated carbocycles. The van der Waals surface area contributed by atoms with Crippen LogP contribution in [0.4, 0.5) is 0 Å². The maximum Gasteiger partial charge on any atom is 0.119 e. The fourth-order valence-corrected chi connectivity index (χ4v) is 3.77. The molecular formula is C15H21NO. The van der Waals surface area contributed by atoms with Crippen molar-refractivity contribution in [2.24, 2.45) is 0 Å². The molecule has 0 radical (unpaired) electrons. The van der Waals surface area contributed by atoms with Crippen molar-refractivity contribution in [1.29, 1.82) is 0 Å². The van der Waals surface area contributed by atoms with E-state index in [-0.39, 0.29) is 0 Å². The summed E-state index contributed by atoms with van der Waals surface area (Å²) >= 11 is 0. The maximum absolute atomic E-state index is 9.96. The number of fused-ring (bicyclic) bond motifs is 3. The van der Waals surface area contributed by atoms with Crippen LogP contribution in [0, 0.1) is 0 Å². The van der Waals surface area contributed by atoms with Gasteiger partial charge in [-0.05, 0) is 61.9 Å². The van der Waals surface area contributed by atoms with Gasteiger partial charge in [0.1, 0.15) is 5.75 Å². The van der Waals surface area contributed by atoms with Gasteiger partial charge in [0.15, 0.2) is 0 Å². The molecule has 1 aliphatic carbocycles. The van der Waals surface area contributed by atoms with Crippen molar-refractivity contribution in [2.75, 3.05) is 13.1 Å². The number of likely N-dealkylation sites (N-methyl/N-ethyl adjacent to an activating group) is 1. The third kappa shape index (κ3) is 1.75. The minimum atomic E-state index is 0.509. The molecule has 1 saturated heterocycles. The molecule has 1 fully saturated rings. The molecule has 0 unspecified atom stereocenters. The summed E-state index contributed by atoms with van der Waals surface area (Å²) in [5.74, 6) is 1.16. The summed E-state index contributed by atoms with van der Waals surface area (Å²) in [5, 5.41) is 9.96. The summed E-state index contributed by atoms with van der Waals surface area (Å²) in [6.45, 7) is 4.68. The molecule has 0 spiro atoms. The summed E-state index contributed by atoms with van der Waals surface area (Å²) in [6, 6.07) is 6.77. The van der Waals surface area contributed by atoms with Gasteiger partial charge in [-0.15, -0.1) is 0 Å². The molecule has 92 valence electrons. The van der Waals surface area contributed by atoms with Crippen molar-refractivity contribution in [1.82, 2.24) is 4.90 Å². The fraction of sp³-hybridized carbons (Fsp3) is 0.600. The SMILES string of the molecule is CCN1CCC[C@@H]2c3cccc(O)c3CC[C@H]21. The van der Waals surface area contributed by atoms with Crippen molar-refractivity contribution in [2.45, 2.75) is 44.6 Å². The Labute approximate surface area is 103 Å². The number of phenols is 1. The number of piperidine rings is 1. The molecular weight excluding hydrogens is 210 g/mol. The fourth-order valence-electron chi connectivity index (χ4n) is 3.77. The van der Waals surface area contributed by atoms with Gasteiger partial charge in [0.2, 0.25) is 0 Å². The van der Waals surface area contributed by atoms with Crippen LogP contribution < -0.4 is 0 Å². The zero-order chi connectivity index (χ0) is 11.8. The highest BCUT2D eigenvalue weighted by atomic mass is 16.3. The molecule has 2 nitrogen and oxygen atoms in total. The average Bonchev–Trinajstić information content (AvgIpc) is 2.38. The minimum Gasteiger partial charge on any atom is -0.508 e. The van der Waals surface area contributed by atoms with Crippen LogP contribution in [-0.2, 0) is 6.42 Å². The summed E-state index contributed by atoms with van der Waals surface area (Å²) in [7, 11) is 0. The number of likely N-dealkylation sites (tertiary alicyclic amines) is 1. The first kappa shape index (κ1) is 11.1. The van der Waals surface area contributed by atoms with Crippen LogP contribution in [0.15, 0.2) is 18.2 Å². The monoisotopic (exact) mass is 231 g/mol. The minimum absolute atomic E-state index is 0.509. The number of phenolic OH excluding ortho intramolecular Hbond substituents is 1. The summed E-state index contributed by atoms with van der Waals surface area (Å²) in [4.78, 5) is 2.63. The van der Waals surface area contributed by atoms with Gasteiger partial charge in [0.25, 0.3) is 0 Å². The second kappa shape index (κ2) is 4.34. The van der Waals surface area contributed by atoms with Gasteiger partial charge in [-0.2, -0.15) is 0 Å². The molecule has 0 amide bonds. The van der Waals surface area contributed by atoms with Crippen molar-refractivity contribution in [3.05, 3.63) is 29.3 Å². The standard InChI is InChI=1S/C15H21NO/c1-2-16-10-4-6-12-11-5-3-7-15(17)13(11)8-9-14(12)16/h3,5,7,12,14,17H,2,4,6,8-10H2,1H3/t12-,14-/m1/s1. The van der Waals surface area contributed by atoms with Crippen molar-refractivity contribution in [3.8, 4) is 5.75 Å². The van der Waals surface area contributed by atoms with E-state index in [0.717, 1.165) is 13.0 Å². The van der Waals surface area contributed by atoms with E-state index < -0.39 is 0 Å². The largest absolute Gasteiger partial charge is 0.508 e. The smallest absolute Gasteiger partial charge is 0.119 e. The van der Waals surface area contributed by atoms with Gasteiger partial charge in [-0.1, -0.05) is 19.1 Å². The van der Waals surface area contributed by atoms with Crippen LogP contribution in [0.3, 0.4) is 0 Å². The molecule has 2 aliphatic rings. The summed E-state index contributed by atoms with van der Waals surface area (Å²) < 4.78 is 0. The van der Waals surface area contributed by atoms with Gasteiger partial charge < -0.3 is 10.0 Å². The quantitative estimate of drug-likeness (QED) is 0.803. The van der Waals surface area contributed by atoms with Gasteiger partial charge >= 0.3 is 0 Å². The van der Waals surface area contributed by atoms with Gasteiger partial charge in [0.05, 0.1) is 0 Å². The second-order valence-corrected chi connectivity index (χ2v) is 5.33. The molecule has 0 aromatic heterocycles. The number of hydrogen-bond acceptors (Lipinski definition) is 2. The molecule has 1 aliphatic heterocycles. The van der Waals surface area contributed by atoms with E-state index in [1.165, 1.54) is 36.9 Å². The van der Waals surface area contributed by atoms with Crippen LogP contribution in [0.1, 0.15) is 43.2 Å². The maximum atomic E-state index is 9.96. The van der Waals surface area contributed by atoms with Crippen LogP contribution in [-0.4, -0.2) is 29.1 Å². The Morgan fingerprint density at radius 2 is 2.24 bits per heavy atom. The van der Waals surface area contributed by atoms with Crippen molar-refractivity contribution in [3.63, 3.8) is 0 Å². The van der Waals surface area contributed by atoms with Gasteiger partial charge in [-0.3, -0.25) is 0 Å². The van der Waals surface area contributed by atoms with Crippen LogP contribution in [0.5, 0.6) is 5.75 Å². The van der Waals surface area contributed by atoms with E-state index in [2.05, 4.69) is 17.9 Å². The molecule has 1 aromatic carbocycles. The zero-order valence-electron chi connectivity index (χ0n) is 10.5. The number of nitrogens with zero attached hydrogens (tertiary/aromatic N) is 1. The molecule has 1 aromatic rings. The first-order valence-electron chi connectivity index (χ1n) is 6.86. The lowest BCUT2D eigenvalue weighted by atomic mass is 9.74. The van der Waals surface area contributed by atoms with E-state index >= 15 is 0 Å². The summed E-state index contributed by atoms with van der Waals surface area (Å²) in [5.41, 5.74) is 2.63. The molecule has 0 bridgehead atoms. The lowest BCUT2D eigenvalue weighted by Gasteiger charge is -2.44. The Bertz CT molecular complexity index is 415. The molecule has 3 rings (SSSR count). The van der Waals surface area contributed by atoms with Crippen LogP contribution in [0.25, 0.3) is 0 Å². The van der Waals surface area contributed by atoms with E-state index in [1.807, 2.05) is 12.1 Å². The molecule has 2 heteroatoms. The summed E-state index contributed by atoms with van der Waals surface area (Å²) in [6.07, 6.45) is 4.84. The van der Waals surface area contributed by atoms with Crippen molar-refractivity contribution >= 4 is 0 Å². The Morgan fingerprint density at radius 1 is 1.35 bits per heavy atom. The van der Waals surface area contributed by atoms with E-state index in [9.17, 15) is 5.11 Å². The lowest BCUT2D eigenvalue weighted by Crippen LogP contribution is -2.46. The Hall–Kier alpha value is -1.02. The van der Waals surface area contributed by atoms with E-state index in [0.29, 0.717) is 17.7 Å². The number of rotatable bonds is 1. The molecule has 1 heterocycles. The van der Waals surface area contributed by atoms with Crippen molar-refractivity contribution < 1.29 is 5.11 Å². The highest BCUT2D eigenvalue weighted by Gasteiger charge is 2.36. The Balaban J connectivity index is 1.98. The van der Waals surface area contributed by atoms with Crippen LogP contribution in [0.2, 0.25) is 0 Å². The van der Waals surface area contributed by atoms with Crippen LogP contribution >= 0.6 is 0 Å². The van der Waals surface area contributed by atoms with Gasteiger partial charge in [-0.25, -0.2) is 0 Å². The average molecular weight is 231 g/mol. The van der Waals surface area contributed by atoms with E-state index in [4.69, 9.17) is 0 Å². The predicted octanol–water partition coefficient (Wildman–Crippen LogP) is 2.91. The highest BCUT2D eigenvalue weighted by Crippen LogP contribution is 2.42. The third-order valence-electron chi connectivity index (χ3n) is 4.58. The number of aromatic hydroxyl groups is 1. The molecule has 1 N–H and O–H groups in total. The van der Waals surface area contributed by atoms with Gasteiger partial charge in [0, 0.05) is 6.04 Å². The Morgan fingerprint density at radius 3 is 3.06 bits per heavy atom. The highest BCUT2D eigenvalue weighted by molar-refractivity contribution is 5.44. The first-order valence-corrected chi connectivity index (χ1v) is 6.86. The number of benzene rings is 1. The lowest BCUT2D eigenvalue weighted by molar-refractivity contribution is 0.118. The second-order valence-electron chi connectivity index (χ2n) is 5.33. The molecule has 2 atom stereocenters. The predicted molar refractivity (Wildman–Crippen MR) is 69.4 cm³/mol. The zero-order valence-corrected chi connectivity index (χ0v) is 10.5. The Kier molecular flexibility index (Phi) is 2.83.